The summed E-state index contributed by atoms with van der Waals surface area (Å²) in [6.07, 6.45) is 0.779. The molecule has 39 heavy (non-hydrogen) atoms. The SMILES string of the molecule is Cc1ccc(Cc2c(C)c(C#N)c3nc4ccccc4n3c2N2CCN(Cc3ccc(C)cc3C)CC2)cc1. The normalized spacial score (nSPS) is 14.3. The summed E-state index contributed by atoms with van der Waals surface area (Å²) in [5.74, 6) is 1.18. The molecule has 3 aromatic carbocycles. The highest BCUT2D eigenvalue weighted by Crippen LogP contribution is 2.35. The molecule has 6 rings (SSSR count). The summed E-state index contributed by atoms with van der Waals surface area (Å²) in [5, 5.41) is 10.3. The summed E-state index contributed by atoms with van der Waals surface area (Å²) in [6, 6.07) is 26.3. The standard InChI is InChI=1S/C34H35N5/c1-23-9-12-27(13-10-23)20-29-26(4)30(21-35)33-36-31-7-5-6-8-32(31)39(33)34(29)38-17-15-37(16-18-38)22-28-14-11-24(2)19-25(28)3/h5-14,19H,15-18,20,22H2,1-4H3. The number of piperazine rings is 1. The Kier molecular flexibility index (Phi) is 6.58. The highest BCUT2D eigenvalue weighted by Gasteiger charge is 2.27. The first-order valence-electron chi connectivity index (χ1n) is 13.8. The molecule has 0 atom stereocenters. The largest absolute Gasteiger partial charge is 0.355 e. The molecule has 196 valence electrons. The maximum absolute atomic E-state index is 10.3. The third-order valence-electron chi connectivity index (χ3n) is 8.27. The summed E-state index contributed by atoms with van der Waals surface area (Å²) in [4.78, 5) is 10.0. The molecule has 0 unspecified atom stereocenters. The van der Waals surface area contributed by atoms with E-state index in [0.717, 1.165) is 61.4 Å². The van der Waals surface area contributed by atoms with Gasteiger partial charge in [-0.15, -0.1) is 0 Å². The molecule has 5 heteroatoms. The van der Waals surface area contributed by atoms with Crippen molar-refractivity contribution in [1.29, 1.82) is 5.26 Å². The molecule has 2 aromatic heterocycles. The fourth-order valence-corrected chi connectivity index (χ4v) is 6.00. The molecule has 0 amide bonds. The van der Waals surface area contributed by atoms with E-state index in [4.69, 9.17) is 4.98 Å². The van der Waals surface area contributed by atoms with E-state index in [2.05, 4.69) is 103 Å². The first-order chi connectivity index (χ1) is 18.9. The summed E-state index contributed by atoms with van der Waals surface area (Å²) in [5.41, 5.74) is 12.3. The topological polar surface area (TPSA) is 47.6 Å². The number of nitrogens with zero attached hydrogens (tertiary/aromatic N) is 5. The van der Waals surface area contributed by atoms with Crippen LogP contribution in [0.1, 0.15) is 44.5 Å². The van der Waals surface area contributed by atoms with Gasteiger partial charge in [-0.2, -0.15) is 5.26 Å². The van der Waals surface area contributed by atoms with E-state index < -0.39 is 0 Å². The Labute approximate surface area is 230 Å². The maximum Gasteiger partial charge on any atom is 0.157 e. The van der Waals surface area contributed by atoms with Gasteiger partial charge in [-0.1, -0.05) is 65.7 Å². The van der Waals surface area contributed by atoms with E-state index in [9.17, 15) is 5.26 Å². The zero-order valence-electron chi connectivity index (χ0n) is 23.3. The van der Waals surface area contributed by atoms with Gasteiger partial charge in [0.2, 0.25) is 0 Å². The molecule has 1 saturated heterocycles. The molecule has 0 spiro atoms. The predicted molar refractivity (Wildman–Crippen MR) is 160 cm³/mol. The lowest BCUT2D eigenvalue weighted by Gasteiger charge is -2.38. The Morgan fingerprint density at radius 1 is 0.846 bits per heavy atom. The molecule has 0 bridgehead atoms. The van der Waals surface area contributed by atoms with Crippen molar-refractivity contribution in [2.24, 2.45) is 0 Å². The molecule has 5 aromatic rings. The zero-order chi connectivity index (χ0) is 27.1. The summed E-state index contributed by atoms with van der Waals surface area (Å²) in [6.45, 7) is 13.4. The predicted octanol–water partition coefficient (Wildman–Crippen LogP) is 6.51. The number of pyridine rings is 1. The van der Waals surface area contributed by atoms with Crippen LogP contribution in [-0.4, -0.2) is 40.5 Å². The molecular formula is C34H35N5. The van der Waals surface area contributed by atoms with E-state index in [-0.39, 0.29) is 0 Å². The second-order valence-corrected chi connectivity index (χ2v) is 11.0. The number of anilines is 1. The molecule has 3 heterocycles. The van der Waals surface area contributed by atoms with Gasteiger partial charge in [-0.3, -0.25) is 9.30 Å². The number of hydrogen-bond donors (Lipinski definition) is 0. The van der Waals surface area contributed by atoms with Crippen LogP contribution in [0.25, 0.3) is 16.7 Å². The monoisotopic (exact) mass is 513 g/mol. The summed E-state index contributed by atoms with van der Waals surface area (Å²) < 4.78 is 2.25. The Morgan fingerprint density at radius 2 is 1.56 bits per heavy atom. The maximum atomic E-state index is 10.3. The van der Waals surface area contributed by atoms with E-state index in [0.29, 0.717) is 5.56 Å². The number of benzene rings is 3. The van der Waals surface area contributed by atoms with Gasteiger partial charge < -0.3 is 4.90 Å². The first kappa shape index (κ1) is 25.2. The van der Waals surface area contributed by atoms with Crippen LogP contribution in [0.4, 0.5) is 5.82 Å². The number of para-hydroxylation sites is 2. The molecule has 1 aliphatic rings. The van der Waals surface area contributed by atoms with Crippen molar-refractivity contribution < 1.29 is 0 Å². The average Bonchev–Trinajstić information content (AvgIpc) is 3.31. The van der Waals surface area contributed by atoms with Gasteiger partial charge in [-0.05, 0) is 62.1 Å². The quantitative estimate of drug-likeness (QED) is 0.269. The minimum absolute atomic E-state index is 0.672. The number of imidazole rings is 1. The van der Waals surface area contributed by atoms with Crippen LogP contribution < -0.4 is 4.90 Å². The molecule has 0 aliphatic carbocycles. The number of aryl methyl sites for hydroxylation is 3. The van der Waals surface area contributed by atoms with Gasteiger partial charge in [0.15, 0.2) is 5.65 Å². The van der Waals surface area contributed by atoms with E-state index in [1.165, 1.54) is 39.2 Å². The Morgan fingerprint density at radius 3 is 2.28 bits per heavy atom. The van der Waals surface area contributed by atoms with Crippen molar-refractivity contribution in [3.63, 3.8) is 0 Å². The molecule has 0 N–H and O–H groups in total. The highest BCUT2D eigenvalue weighted by atomic mass is 15.3. The lowest BCUT2D eigenvalue weighted by molar-refractivity contribution is 0.248. The third kappa shape index (κ3) is 4.66. The van der Waals surface area contributed by atoms with Crippen LogP contribution >= 0.6 is 0 Å². The van der Waals surface area contributed by atoms with Gasteiger partial charge in [0.05, 0.1) is 16.6 Å². The lowest BCUT2D eigenvalue weighted by Crippen LogP contribution is -2.47. The van der Waals surface area contributed by atoms with Crippen molar-refractivity contribution in [3.05, 3.63) is 111 Å². The van der Waals surface area contributed by atoms with Crippen molar-refractivity contribution in [1.82, 2.24) is 14.3 Å². The Hall–Kier alpha value is -4.14. The number of hydrogen-bond acceptors (Lipinski definition) is 4. The lowest BCUT2D eigenvalue weighted by atomic mass is 9.96. The molecule has 1 aliphatic heterocycles. The fourth-order valence-electron chi connectivity index (χ4n) is 6.00. The van der Waals surface area contributed by atoms with Gasteiger partial charge in [0.1, 0.15) is 11.9 Å². The van der Waals surface area contributed by atoms with Crippen LogP contribution in [0.2, 0.25) is 0 Å². The van der Waals surface area contributed by atoms with Gasteiger partial charge in [0, 0.05) is 44.7 Å². The molecular weight excluding hydrogens is 478 g/mol. The third-order valence-corrected chi connectivity index (χ3v) is 8.27. The number of rotatable bonds is 5. The van der Waals surface area contributed by atoms with Gasteiger partial charge in [-0.25, -0.2) is 4.98 Å². The van der Waals surface area contributed by atoms with Crippen molar-refractivity contribution in [2.45, 2.75) is 40.7 Å². The highest BCUT2D eigenvalue weighted by molar-refractivity contribution is 5.86. The second kappa shape index (κ2) is 10.2. The van der Waals surface area contributed by atoms with E-state index in [1.807, 2.05) is 12.1 Å². The smallest absolute Gasteiger partial charge is 0.157 e. The van der Waals surface area contributed by atoms with Crippen LogP contribution in [0, 0.1) is 39.0 Å². The molecule has 0 radical (unpaired) electrons. The fraction of sp³-hybridized carbons (Fsp3) is 0.294. The zero-order valence-corrected chi connectivity index (χ0v) is 23.3. The van der Waals surface area contributed by atoms with Crippen LogP contribution in [0.15, 0.2) is 66.7 Å². The Bertz CT molecular complexity index is 1710. The van der Waals surface area contributed by atoms with Crippen LogP contribution in [0.3, 0.4) is 0 Å². The first-order valence-corrected chi connectivity index (χ1v) is 13.8. The van der Waals surface area contributed by atoms with E-state index in [1.54, 1.807) is 0 Å². The molecule has 0 saturated carbocycles. The van der Waals surface area contributed by atoms with E-state index >= 15 is 0 Å². The second-order valence-electron chi connectivity index (χ2n) is 11.0. The van der Waals surface area contributed by atoms with Crippen molar-refractivity contribution in [2.75, 3.05) is 31.1 Å². The minimum Gasteiger partial charge on any atom is -0.355 e. The summed E-state index contributed by atoms with van der Waals surface area (Å²) >= 11 is 0. The number of fused-ring (bicyclic) bond motifs is 3. The average molecular weight is 514 g/mol. The van der Waals surface area contributed by atoms with Gasteiger partial charge >= 0.3 is 0 Å². The van der Waals surface area contributed by atoms with Crippen molar-refractivity contribution >= 4 is 22.5 Å². The van der Waals surface area contributed by atoms with Crippen LogP contribution in [-0.2, 0) is 13.0 Å². The van der Waals surface area contributed by atoms with Crippen LogP contribution in [0.5, 0.6) is 0 Å². The number of aromatic nitrogens is 2. The van der Waals surface area contributed by atoms with Crippen molar-refractivity contribution in [3.8, 4) is 6.07 Å². The Balaban J connectivity index is 1.43. The molecule has 1 fully saturated rings. The minimum atomic E-state index is 0.672. The number of nitriles is 1. The molecule has 5 nitrogen and oxygen atoms in total. The summed E-state index contributed by atoms with van der Waals surface area (Å²) in [7, 11) is 0. The van der Waals surface area contributed by atoms with Gasteiger partial charge in [0.25, 0.3) is 0 Å².